The van der Waals surface area contributed by atoms with Gasteiger partial charge in [0, 0.05) is 28.2 Å². The zero-order valence-corrected chi connectivity index (χ0v) is 30.2. The predicted molar refractivity (Wildman–Crippen MR) is 230 cm³/mol. The molecule has 2 aliphatic rings. The van der Waals surface area contributed by atoms with Gasteiger partial charge in [0.15, 0.2) is 0 Å². The highest BCUT2D eigenvalue weighted by molar-refractivity contribution is 6.03. The standard InChI is InChI=1S/C53H36N2/c1-2-20-37(21-3-1)55-50-34-14-11-29-45(50)53(46-30-12-15-35-51(46)55)44-28-10-8-26-43(44)52-47(53)31-17-33-49(52)54-48-32-13-9-25-42(48)41-24-7-6-23-40(41)39-27-16-19-36-18-4-5-22-38(36)39/h1-35,54H. The van der Waals surface area contributed by atoms with Crippen molar-refractivity contribution in [3.8, 4) is 33.4 Å². The minimum atomic E-state index is -0.511. The van der Waals surface area contributed by atoms with Gasteiger partial charge in [-0.1, -0.05) is 176 Å². The highest BCUT2D eigenvalue weighted by atomic mass is 15.2. The summed E-state index contributed by atoms with van der Waals surface area (Å²) >= 11 is 0. The van der Waals surface area contributed by atoms with E-state index in [4.69, 9.17) is 0 Å². The van der Waals surface area contributed by atoms with E-state index in [1.165, 1.54) is 72.2 Å². The fourth-order valence-electron chi connectivity index (χ4n) is 9.50. The van der Waals surface area contributed by atoms with E-state index >= 15 is 0 Å². The molecule has 2 heteroatoms. The van der Waals surface area contributed by atoms with E-state index in [1.54, 1.807) is 0 Å². The summed E-state index contributed by atoms with van der Waals surface area (Å²) in [4.78, 5) is 2.43. The summed E-state index contributed by atoms with van der Waals surface area (Å²) in [6.45, 7) is 0. The van der Waals surface area contributed by atoms with Crippen LogP contribution in [-0.2, 0) is 5.41 Å². The van der Waals surface area contributed by atoms with Crippen LogP contribution in [0.2, 0.25) is 0 Å². The molecule has 11 rings (SSSR count). The molecule has 0 fully saturated rings. The Morgan fingerprint density at radius 3 is 1.58 bits per heavy atom. The number of benzene rings is 9. The first-order valence-corrected chi connectivity index (χ1v) is 19.0. The number of hydrogen-bond donors (Lipinski definition) is 1. The van der Waals surface area contributed by atoms with E-state index < -0.39 is 5.41 Å². The predicted octanol–water partition coefficient (Wildman–Crippen LogP) is 14.1. The van der Waals surface area contributed by atoms with Gasteiger partial charge in [-0.25, -0.2) is 0 Å². The second-order valence-corrected chi connectivity index (χ2v) is 14.5. The largest absolute Gasteiger partial charge is 0.355 e. The Morgan fingerprint density at radius 1 is 0.327 bits per heavy atom. The van der Waals surface area contributed by atoms with Crippen LogP contribution in [0.15, 0.2) is 212 Å². The zero-order chi connectivity index (χ0) is 36.3. The lowest BCUT2D eigenvalue weighted by molar-refractivity contribution is 0.753. The lowest BCUT2D eigenvalue weighted by Crippen LogP contribution is -2.36. The number of nitrogens with one attached hydrogen (secondary N) is 1. The molecule has 0 amide bonds. The molecular weight excluding hydrogens is 665 g/mol. The highest BCUT2D eigenvalue weighted by Gasteiger charge is 2.52. The Balaban J connectivity index is 1.12. The molecule has 1 aliphatic heterocycles. The third-order valence-corrected chi connectivity index (χ3v) is 11.7. The maximum absolute atomic E-state index is 4.02. The summed E-state index contributed by atoms with van der Waals surface area (Å²) in [7, 11) is 0. The van der Waals surface area contributed by atoms with Gasteiger partial charge in [-0.05, 0) is 91.7 Å². The molecule has 0 aromatic heterocycles. The fraction of sp³-hybridized carbons (Fsp3) is 0.0189. The zero-order valence-electron chi connectivity index (χ0n) is 30.2. The summed E-state index contributed by atoms with van der Waals surface area (Å²) < 4.78 is 0. The van der Waals surface area contributed by atoms with Crippen molar-refractivity contribution in [1.29, 1.82) is 0 Å². The average Bonchev–Trinajstić information content (AvgIpc) is 3.56. The van der Waals surface area contributed by atoms with Crippen molar-refractivity contribution >= 4 is 39.2 Å². The van der Waals surface area contributed by atoms with Crippen LogP contribution in [0.1, 0.15) is 22.3 Å². The molecule has 0 radical (unpaired) electrons. The monoisotopic (exact) mass is 700 g/mol. The first kappa shape index (κ1) is 31.4. The van der Waals surface area contributed by atoms with Crippen LogP contribution in [0, 0.1) is 0 Å². The molecule has 1 N–H and O–H groups in total. The number of hydrogen-bond acceptors (Lipinski definition) is 2. The van der Waals surface area contributed by atoms with Gasteiger partial charge in [0.05, 0.1) is 16.8 Å². The molecule has 9 aromatic carbocycles. The number of rotatable bonds is 5. The Bertz CT molecular complexity index is 2870. The van der Waals surface area contributed by atoms with E-state index in [2.05, 4.69) is 223 Å². The minimum absolute atomic E-state index is 0.511. The number of fused-ring (bicyclic) bond motifs is 10. The first-order chi connectivity index (χ1) is 27.3. The van der Waals surface area contributed by atoms with Crippen LogP contribution >= 0.6 is 0 Å². The number of nitrogens with zero attached hydrogens (tertiary/aromatic N) is 1. The van der Waals surface area contributed by atoms with Crippen molar-refractivity contribution in [2.24, 2.45) is 0 Å². The molecule has 9 aromatic rings. The van der Waals surface area contributed by atoms with Gasteiger partial charge in [-0.3, -0.25) is 0 Å². The Kier molecular flexibility index (Phi) is 7.11. The lowest BCUT2D eigenvalue weighted by atomic mass is 9.64. The minimum Gasteiger partial charge on any atom is -0.355 e. The molecule has 0 bridgehead atoms. The van der Waals surface area contributed by atoms with Crippen LogP contribution in [-0.4, -0.2) is 0 Å². The van der Waals surface area contributed by atoms with Crippen molar-refractivity contribution in [3.05, 3.63) is 235 Å². The van der Waals surface area contributed by atoms with Crippen LogP contribution in [0.4, 0.5) is 28.4 Å². The SMILES string of the molecule is c1ccc(N2c3ccccc3C3(c4ccccc4-c4c(Nc5ccccc5-c5ccccc5-c5cccc6ccccc56)cccc43)c3ccccc32)cc1. The van der Waals surface area contributed by atoms with Crippen molar-refractivity contribution in [2.45, 2.75) is 5.41 Å². The summed E-state index contributed by atoms with van der Waals surface area (Å²) in [5, 5.41) is 6.52. The van der Waals surface area contributed by atoms with Gasteiger partial charge in [0.2, 0.25) is 0 Å². The topological polar surface area (TPSA) is 15.3 Å². The Hall–Kier alpha value is -7.16. The summed E-state index contributed by atoms with van der Waals surface area (Å²) in [5.41, 5.74) is 17.7. The number of para-hydroxylation sites is 4. The van der Waals surface area contributed by atoms with Gasteiger partial charge in [0.25, 0.3) is 0 Å². The maximum atomic E-state index is 4.02. The van der Waals surface area contributed by atoms with Gasteiger partial charge in [0.1, 0.15) is 0 Å². The third-order valence-electron chi connectivity index (χ3n) is 11.7. The van der Waals surface area contributed by atoms with Gasteiger partial charge in [-0.2, -0.15) is 0 Å². The third kappa shape index (κ3) is 4.62. The van der Waals surface area contributed by atoms with Crippen LogP contribution < -0.4 is 10.2 Å². The first-order valence-electron chi connectivity index (χ1n) is 19.0. The van der Waals surface area contributed by atoms with Crippen molar-refractivity contribution in [1.82, 2.24) is 0 Å². The van der Waals surface area contributed by atoms with Gasteiger partial charge in [-0.15, -0.1) is 0 Å². The van der Waals surface area contributed by atoms with Gasteiger partial charge >= 0.3 is 0 Å². The quantitative estimate of drug-likeness (QED) is 0.192. The van der Waals surface area contributed by atoms with Crippen molar-refractivity contribution in [3.63, 3.8) is 0 Å². The molecular formula is C53H36N2. The molecule has 1 aliphatic carbocycles. The van der Waals surface area contributed by atoms with E-state index in [9.17, 15) is 0 Å². The maximum Gasteiger partial charge on any atom is 0.0755 e. The molecule has 0 saturated heterocycles. The Labute approximate surface area is 321 Å². The Morgan fingerprint density at radius 2 is 0.818 bits per heavy atom. The van der Waals surface area contributed by atoms with Crippen molar-refractivity contribution < 1.29 is 0 Å². The van der Waals surface area contributed by atoms with Gasteiger partial charge < -0.3 is 10.2 Å². The molecule has 0 saturated carbocycles. The summed E-state index contributed by atoms with van der Waals surface area (Å²) in [6, 6.07) is 77.5. The van der Waals surface area contributed by atoms with Crippen molar-refractivity contribution in [2.75, 3.05) is 10.2 Å². The molecule has 258 valence electrons. The lowest BCUT2D eigenvalue weighted by Gasteiger charge is -2.45. The van der Waals surface area contributed by atoms with Crippen LogP contribution in [0.3, 0.4) is 0 Å². The van der Waals surface area contributed by atoms with E-state index in [1.807, 2.05) is 0 Å². The molecule has 55 heavy (non-hydrogen) atoms. The smallest absolute Gasteiger partial charge is 0.0755 e. The number of anilines is 5. The average molecular weight is 701 g/mol. The highest BCUT2D eigenvalue weighted by Crippen LogP contribution is 2.64. The molecule has 1 spiro atoms. The molecule has 2 nitrogen and oxygen atoms in total. The second kappa shape index (κ2) is 12.5. The fourth-order valence-corrected chi connectivity index (χ4v) is 9.50. The molecule has 1 heterocycles. The van der Waals surface area contributed by atoms with Crippen LogP contribution in [0.5, 0.6) is 0 Å². The van der Waals surface area contributed by atoms with E-state index in [0.29, 0.717) is 0 Å². The normalized spacial score (nSPS) is 13.2. The molecule has 0 atom stereocenters. The molecule has 0 unspecified atom stereocenters. The second-order valence-electron chi connectivity index (χ2n) is 14.5. The van der Waals surface area contributed by atoms with E-state index in [0.717, 1.165) is 22.6 Å². The van der Waals surface area contributed by atoms with Crippen LogP contribution in [0.25, 0.3) is 44.2 Å². The summed E-state index contributed by atoms with van der Waals surface area (Å²) in [5.74, 6) is 0. The van der Waals surface area contributed by atoms with E-state index in [-0.39, 0.29) is 0 Å². The summed E-state index contributed by atoms with van der Waals surface area (Å²) in [6.07, 6.45) is 0.